The number of carbonyl (C=O) groups is 1. The molecule has 0 unspecified atom stereocenters. The zero-order chi connectivity index (χ0) is 16.2. The first-order valence-corrected chi connectivity index (χ1v) is 8.07. The number of nitrogens with one attached hydrogen (secondary N) is 1. The van der Waals surface area contributed by atoms with Gasteiger partial charge in [0, 0.05) is 12.6 Å². The summed E-state index contributed by atoms with van der Waals surface area (Å²) in [7, 11) is 0. The molecule has 4 nitrogen and oxygen atoms in total. The first kappa shape index (κ1) is 17.0. The van der Waals surface area contributed by atoms with E-state index in [0.717, 1.165) is 37.8 Å². The van der Waals surface area contributed by atoms with E-state index in [0.29, 0.717) is 11.6 Å². The minimum Gasteiger partial charge on any atom is -0.456 e. The van der Waals surface area contributed by atoms with Crippen LogP contribution in [0.25, 0.3) is 0 Å². The molecule has 1 saturated carbocycles. The molecule has 0 bridgehead atoms. The van der Waals surface area contributed by atoms with Crippen LogP contribution in [0.2, 0.25) is 0 Å². The predicted molar refractivity (Wildman–Crippen MR) is 86.7 cm³/mol. The maximum Gasteiger partial charge on any atom is 0.338 e. The summed E-state index contributed by atoms with van der Waals surface area (Å²) in [6, 6.07) is 8.04. The number of hydrogen-bond donors (Lipinski definition) is 2. The third-order valence-electron chi connectivity index (χ3n) is 3.88. The molecule has 0 heterocycles. The van der Waals surface area contributed by atoms with Gasteiger partial charge >= 0.3 is 5.97 Å². The van der Waals surface area contributed by atoms with Crippen LogP contribution in [0.15, 0.2) is 24.3 Å². The number of benzene rings is 1. The van der Waals surface area contributed by atoms with Gasteiger partial charge in [0.15, 0.2) is 0 Å². The van der Waals surface area contributed by atoms with Gasteiger partial charge in [-0.2, -0.15) is 0 Å². The summed E-state index contributed by atoms with van der Waals surface area (Å²) in [5, 5.41) is 13.0. The first-order valence-electron chi connectivity index (χ1n) is 8.07. The normalized spacial score (nSPS) is 22.4. The Morgan fingerprint density at radius 1 is 1.18 bits per heavy atom. The van der Waals surface area contributed by atoms with E-state index in [1.807, 2.05) is 45.0 Å². The molecular weight excluding hydrogens is 278 g/mol. The van der Waals surface area contributed by atoms with Crippen LogP contribution in [0.1, 0.15) is 62.4 Å². The average molecular weight is 305 g/mol. The maximum absolute atomic E-state index is 11.9. The largest absolute Gasteiger partial charge is 0.456 e. The van der Waals surface area contributed by atoms with Crippen molar-refractivity contribution >= 4 is 5.97 Å². The molecule has 0 aliphatic heterocycles. The lowest BCUT2D eigenvalue weighted by Crippen LogP contribution is -2.34. The number of esters is 1. The Labute approximate surface area is 132 Å². The Balaban J connectivity index is 1.83. The maximum atomic E-state index is 11.9. The van der Waals surface area contributed by atoms with Crippen LogP contribution in [-0.2, 0) is 11.3 Å². The molecule has 4 heteroatoms. The minimum absolute atomic E-state index is 0.119. The van der Waals surface area contributed by atoms with Crippen molar-refractivity contribution in [2.24, 2.45) is 0 Å². The van der Waals surface area contributed by atoms with Crippen LogP contribution in [0.5, 0.6) is 0 Å². The van der Waals surface area contributed by atoms with E-state index < -0.39 is 5.60 Å². The lowest BCUT2D eigenvalue weighted by Gasteiger charge is -2.26. The third kappa shape index (κ3) is 5.43. The molecule has 2 rings (SSSR count). The summed E-state index contributed by atoms with van der Waals surface area (Å²) < 4.78 is 5.35. The van der Waals surface area contributed by atoms with E-state index in [4.69, 9.17) is 4.74 Å². The molecule has 0 spiro atoms. The quantitative estimate of drug-likeness (QED) is 0.840. The van der Waals surface area contributed by atoms with Gasteiger partial charge in [0.25, 0.3) is 0 Å². The van der Waals surface area contributed by atoms with Gasteiger partial charge in [0.05, 0.1) is 11.7 Å². The molecule has 0 atom stereocenters. The summed E-state index contributed by atoms with van der Waals surface area (Å²) in [6.45, 7) is 6.38. The van der Waals surface area contributed by atoms with Gasteiger partial charge in [-0.15, -0.1) is 0 Å². The minimum atomic E-state index is -0.469. The second-order valence-electron chi connectivity index (χ2n) is 7.09. The van der Waals surface area contributed by atoms with Crippen LogP contribution >= 0.6 is 0 Å². The molecule has 0 amide bonds. The van der Waals surface area contributed by atoms with Gasteiger partial charge < -0.3 is 15.2 Å². The molecule has 2 N–H and O–H groups in total. The number of rotatable bonds is 4. The van der Waals surface area contributed by atoms with Crippen molar-refractivity contribution in [3.05, 3.63) is 35.4 Å². The SMILES string of the molecule is CC(C)(C)OC(=O)c1ccc(CNC2CCC(O)CC2)cc1. The third-order valence-corrected chi connectivity index (χ3v) is 3.88. The Bertz CT molecular complexity index is 482. The van der Waals surface area contributed by atoms with E-state index in [9.17, 15) is 9.90 Å². The summed E-state index contributed by atoms with van der Waals surface area (Å²) in [4.78, 5) is 11.9. The van der Waals surface area contributed by atoms with Gasteiger partial charge in [-0.05, 0) is 64.2 Å². The molecule has 1 aromatic carbocycles. The second kappa shape index (κ2) is 7.25. The molecular formula is C18H27NO3. The van der Waals surface area contributed by atoms with Crippen molar-refractivity contribution in [3.63, 3.8) is 0 Å². The Kier molecular flexibility index (Phi) is 5.59. The number of hydrogen-bond acceptors (Lipinski definition) is 4. The van der Waals surface area contributed by atoms with Crippen molar-refractivity contribution in [2.45, 2.75) is 70.7 Å². The Morgan fingerprint density at radius 2 is 1.77 bits per heavy atom. The molecule has 122 valence electrons. The van der Waals surface area contributed by atoms with E-state index in [2.05, 4.69) is 5.32 Å². The fourth-order valence-electron chi connectivity index (χ4n) is 2.64. The summed E-state index contributed by atoms with van der Waals surface area (Å²) in [5.41, 5.74) is 1.26. The van der Waals surface area contributed by atoms with Gasteiger partial charge in [-0.1, -0.05) is 12.1 Å². The predicted octanol–water partition coefficient (Wildman–Crippen LogP) is 3.04. The van der Waals surface area contributed by atoms with Crippen molar-refractivity contribution in [3.8, 4) is 0 Å². The highest BCUT2D eigenvalue weighted by Gasteiger charge is 2.19. The summed E-state index contributed by atoms with van der Waals surface area (Å²) in [6.07, 6.45) is 3.70. The smallest absolute Gasteiger partial charge is 0.338 e. The zero-order valence-corrected chi connectivity index (χ0v) is 13.8. The van der Waals surface area contributed by atoms with Gasteiger partial charge in [0.1, 0.15) is 5.60 Å². The van der Waals surface area contributed by atoms with Gasteiger partial charge in [-0.25, -0.2) is 4.79 Å². The van der Waals surface area contributed by atoms with Crippen molar-refractivity contribution in [2.75, 3.05) is 0 Å². The average Bonchev–Trinajstić information content (AvgIpc) is 2.45. The van der Waals surface area contributed by atoms with Crippen LogP contribution in [-0.4, -0.2) is 28.8 Å². The van der Waals surface area contributed by atoms with Crippen LogP contribution in [0.3, 0.4) is 0 Å². The molecule has 1 aliphatic rings. The topological polar surface area (TPSA) is 58.6 Å². The monoisotopic (exact) mass is 305 g/mol. The molecule has 1 aromatic rings. The molecule has 22 heavy (non-hydrogen) atoms. The van der Waals surface area contributed by atoms with Gasteiger partial charge in [0.2, 0.25) is 0 Å². The summed E-state index contributed by atoms with van der Waals surface area (Å²) in [5.74, 6) is -0.284. The molecule has 0 saturated heterocycles. The second-order valence-corrected chi connectivity index (χ2v) is 7.09. The fraction of sp³-hybridized carbons (Fsp3) is 0.611. The van der Waals surface area contributed by atoms with Crippen LogP contribution in [0, 0.1) is 0 Å². The van der Waals surface area contributed by atoms with Crippen LogP contribution in [0.4, 0.5) is 0 Å². The van der Waals surface area contributed by atoms with E-state index in [-0.39, 0.29) is 12.1 Å². The zero-order valence-electron chi connectivity index (χ0n) is 13.8. The van der Waals surface area contributed by atoms with E-state index in [1.54, 1.807) is 0 Å². The molecule has 0 aromatic heterocycles. The van der Waals surface area contributed by atoms with Gasteiger partial charge in [-0.3, -0.25) is 0 Å². The van der Waals surface area contributed by atoms with Crippen LogP contribution < -0.4 is 5.32 Å². The Hall–Kier alpha value is -1.39. The number of ether oxygens (including phenoxy) is 1. The standard InChI is InChI=1S/C18H27NO3/c1-18(2,3)22-17(21)14-6-4-13(5-7-14)12-19-15-8-10-16(20)11-9-15/h4-7,15-16,19-20H,8-12H2,1-3H3. The Morgan fingerprint density at radius 3 is 2.32 bits per heavy atom. The lowest BCUT2D eigenvalue weighted by atomic mass is 9.93. The highest BCUT2D eigenvalue weighted by molar-refractivity contribution is 5.89. The number of aliphatic hydroxyl groups excluding tert-OH is 1. The molecule has 1 aliphatic carbocycles. The molecule has 0 radical (unpaired) electrons. The fourth-order valence-corrected chi connectivity index (χ4v) is 2.64. The van der Waals surface area contributed by atoms with Crippen molar-refractivity contribution in [1.29, 1.82) is 0 Å². The van der Waals surface area contributed by atoms with Crippen molar-refractivity contribution in [1.82, 2.24) is 5.32 Å². The summed E-state index contributed by atoms with van der Waals surface area (Å²) >= 11 is 0. The highest BCUT2D eigenvalue weighted by atomic mass is 16.6. The van der Waals surface area contributed by atoms with E-state index in [1.165, 1.54) is 0 Å². The highest BCUT2D eigenvalue weighted by Crippen LogP contribution is 2.19. The number of carbonyl (C=O) groups excluding carboxylic acids is 1. The lowest BCUT2D eigenvalue weighted by molar-refractivity contribution is 0.00695. The van der Waals surface area contributed by atoms with E-state index >= 15 is 0 Å². The first-order chi connectivity index (χ1) is 10.3. The molecule has 1 fully saturated rings. The number of aliphatic hydroxyl groups is 1. The van der Waals surface area contributed by atoms with Crippen molar-refractivity contribution < 1.29 is 14.6 Å².